The summed E-state index contributed by atoms with van der Waals surface area (Å²) >= 11 is 0. The van der Waals surface area contributed by atoms with E-state index in [0.717, 1.165) is 10.9 Å². The molecule has 0 saturated heterocycles. The molecule has 1 heterocycles. The van der Waals surface area contributed by atoms with Gasteiger partial charge in [-0.1, -0.05) is 18.2 Å². The number of aliphatic carboxylic acids is 2. The summed E-state index contributed by atoms with van der Waals surface area (Å²) in [4.78, 5) is 69.8. The van der Waals surface area contributed by atoms with Gasteiger partial charge in [-0.15, -0.1) is 0 Å². The van der Waals surface area contributed by atoms with E-state index in [1.807, 2.05) is 24.3 Å². The first-order valence-electron chi connectivity index (χ1n) is 14.3. The molecule has 4 unspecified atom stereocenters. The molecular formula is C28H43N9O7. The van der Waals surface area contributed by atoms with Gasteiger partial charge in [-0.3, -0.25) is 24.2 Å². The van der Waals surface area contributed by atoms with Gasteiger partial charge in [-0.2, -0.15) is 0 Å². The van der Waals surface area contributed by atoms with E-state index < -0.39 is 60.2 Å². The Morgan fingerprint density at radius 3 is 2.16 bits per heavy atom. The van der Waals surface area contributed by atoms with Crippen LogP contribution < -0.4 is 38.9 Å². The number of H-pyrrole nitrogens is 1. The number of carboxylic acid groups (broad SMARTS) is 2. The van der Waals surface area contributed by atoms with Crippen molar-refractivity contribution in [1.82, 2.24) is 20.9 Å². The molecule has 16 nitrogen and oxygen atoms in total. The molecule has 0 radical (unpaired) electrons. The molecule has 4 atom stereocenters. The van der Waals surface area contributed by atoms with Gasteiger partial charge in [0.1, 0.15) is 18.1 Å². The second-order valence-electron chi connectivity index (χ2n) is 10.4. The lowest BCUT2D eigenvalue weighted by Crippen LogP contribution is -2.57. The number of aromatic nitrogens is 1. The zero-order valence-electron chi connectivity index (χ0n) is 24.5. The number of aliphatic imine (C=N–C) groups is 1. The molecule has 0 spiro atoms. The van der Waals surface area contributed by atoms with Crippen LogP contribution in [-0.2, 0) is 30.4 Å². The summed E-state index contributed by atoms with van der Waals surface area (Å²) in [6, 6.07) is 2.46. The number of aromatic amines is 1. The summed E-state index contributed by atoms with van der Waals surface area (Å²) in [5, 5.41) is 27.1. The highest BCUT2D eigenvalue weighted by Crippen LogP contribution is 2.19. The Balaban J connectivity index is 2.27. The van der Waals surface area contributed by atoms with Crippen LogP contribution >= 0.6 is 0 Å². The molecule has 3 amide bonds. The molecule has 0 aliphatic rings. The van der Waals surface area contributed by atoms with Gasteiger partial charge in [0, 0.05) is 36.5 Å². The lowest BCUT2D eigenvalue weighted by atomic mass is 10.0. The fourth-order valence-corrected chi connectivity index (χ4v) is 4.49. The third-order valence-electron chi connectivity index (χ3n) is 6.88. The highest BCUT2D eigenvalue weighted by molar-refractivity contribution is 5.95. The second kappa shape index (κ2) is 18.1. The number of benzene rings is 1. The third-order valence-corrected chi connectivity index (χ3v) is 6.88. The minimum atomic E-state index is -1.40. The molecule has 0 bridgehead atoms. The van der Waals surface area contributed by atoms with Crippen molar-refractivity contribution >= 4 is 46.5 Å². The van der Waals surface area contributed by atoms with Crippen LogP contribution in [0.3, 0.4) is 0 Å². The van der Waals surface area contributed by atoms with Crippen LogP contribution in [0, 0.1) is 0 Å². The van der Waals surface area contributed by atoms with Gasteiger partial charge in [0.15, 0.2) is 5.96 Å². The zero-order chi connectivity index (χ0) is 32.6. The van der Waals surface area contributed by atoms with E-state index in [2.05, 4.69) is 25.9 Å². The molecule has 0 aliphatic heterocycles. The summed E-state index contributed by atoms with van der Waals surface area (Å²) in [6.45, 7) is 0.605. The Morgan fingerprint density at radius 1 is 0.841 bits per heavy atom. The number of nitrogens with one attached hydrogen (secondary N) is 4. The smallest absolute Gasteiger partial charge is 0.326 e. The predicted molar refractivity (Wildman–Crippen MR) is 163 cm³/mol. The third kappa shape index (κ3) is 11.9. The number of carbonyl (C=O) groups excluding carboxylic acids is 3. The molecule has 14 N–H and O–H groups in total. The molecule has 1 aromatic heterocycles. The summed E-state index contributed by atoms with van der Waals surface area (Å²) < 4.78 is 0. The van der Waals surface area contributed by atoms with Crippen molar-refractivity contribution in [2.75, 3.05) is 13.1 Å². The molecule has 0 saturated carbocycles. The van der Waals surface area contributed by atoms with Crippen molar-refractivity contribution in [3.63, 3.8) is 0 Å². The number of hydrogen-bond donors (Lipinski definition) is 10. The monoisotopic (exact) mass is 617 g/mol. The van der Waals surface area contributed by atoms with Crippen LogP contribution in [0.25, 0.3) is 10.9 Å². The number of hydrogen-bond acceptors (Lipinski definition) is 8. The second-order valence-corrected chi connectivity index (χ2v) is 10.4. The summed E-state index contributed by atoms with van der Waals surface area (Å²) in [5.74, 6) is -4.87. The number of amides is 3. The average molecular weight is 618 g/mol. The number of para-hydroxylation sites is 1. The minimum absolute atomic E-state index is 0.00637. The Labute approximate surface area is 254 Å². The molecule has 2 rings (SSSR count). The van der Waals surface area contributed by atoms with Crippen LogP contribution in [0.5, 0.6) is 0 Å². The van der Waals surface area contributed by atoms with Crippen LogP contribution in [0.2, 0.25) is 0 Å². The summed E-state index contributed by atoms with van der Waals surface area (Å²) in [6.07, 6.45) is 2.59. The van der Waals surface area contributed by atoms with E-state index >= 15 is 0 Å². The number of carboxylic acids is 2. The fraction of sp³-hybridized carbons (Fsp3) is 0.500. The van der Waals surface area contributed by atoms with Gasteiger partial charge in [0.2, 0.25) is 17.7 Å². The Morgan fingerprint density at radius 2 is 1.50 bits per heavy atom. The van der Waals surface area contributed by atoms with Crippen molar-refractivity contribution in [1.29, 1.82) is 0 Å². The van der Waals surface area contributed by atoms with Gasteiger partial charge < -0.3 is 54.1 Å². The number of fused-ring (bicyclic) bond motifs is 1. The molecule has 16 heteroatoms. The summed E-state index contributed by atoms with van der Waals surface area (Å²) in [7, 11) is 0. The SMILES string of the molecule is NCCCCC(NC(=O)C(CCC(=O)O)NC(=O)C(Cc1c[nH]c2ccccc12)NC(=O)C(N)CCCN=C(N)N)C(=O)O. The first-order chi connectivity index (χ1) is 20.9. The lowest BCUT2D eigenvalue weighted by molar-refractivity contribution is -0.143. The molecular weight excluding hydrogens is 574 g/mol. The molecule has 44 heavy (non-hydrogen) atoms. The number of nitrogens with two attached hydrogens (primary N) is 4. The number of carbonyl (C=O) groups is 5. The first-order valence-corrected chi connectivity index (χ1v) is 14.3. The number of unbranched alkanes of at least 4 members (excludes halogenated alkanes) is 1. The van der Waals surface area contributed by atoms with Crippen molar-refractivity contribution in [2.24, 2.45) is 27.9 Å². The van der Waals surface area contributed by atoms with E-state index in [4.69, 9.17) is 22.9 Å². The molecule has 0 fully saturated rings. The van der Waals surface area contributed by atoms with E-state index in [0.29, 0.717) is 31.4 Å². The quantitative estimate of drug-likeness (QED) is 0.0469. The maximum absolute atomic E-state index is 13.6. The number of nitrogens with zero attached hydrogens (tertiary/aromatic N) is 1. The fourth-order valence-electron chi connectivity index (χ4n) is 4.49. The molecule has 0 aliphatic carbocycles. The Bertz CT molecular complexity index is 1310. The molecule has 242 valence electrons. The number of guanidine groups is 1. The standard InChI is InChI=1S/C28H43N9O7/c29-12-4-3-9-21(27(43)44)36-25(41)20(10-11-23(38)39)35-26(42)22(14-16-15-34-19-8-2-1-6-17(16)19)37-24(40)18(30)7-5-13-33-28(31)32/h1-2,6,8,15,18,20-22,34H,3-5,7,9-14,29-30H2,(H,35,42)(H,36,41)(H,37,40)(H,38,39)(H,43,44)(H4,31,32,33). The van der Waals surface area contributed by atoms with Gasteiger partial charge in [0.25, 0.3) is 0 Å². The van der Waals surface area contributed by atoms with Gasteiger partial charge in [-0.05, 0) is 56.7 Å². The van der Waals surface area contributed by atoms with Gasteiger partial charge in [0.05, 0.1) is 6.04 Å². The molecule has 2 aromatic rings. The highest BCUT2D eigenvalue weighted by Gasteiger charge is 2.31. The van der Waals surface area contributed by atoms with Crippen LogP contribution in [0.15, 0.2) is 35.5 Å². The van der Waals surface area contributed by atoms with Crippen LogP contribution in [0.4, 0.5) is 0 Å². The van der Waals surface area contributed by atoms with Crippen molar-refractivity contribution in [3.8, 4) is 0 Å². The zero-order valence-corrected chi connectivity index (χ0v) is 24.5. The highest BCUT2D eigenvalue weighted by atomic mass is 16.4. The number of rotatable bonds is 20. The maximum atomic E-state index is 13.6. The average Bonchev–Trinajstić information content (AvgIpc) is 3.38. The minimum Gasteiger partial charge on any atom is -0.481 e. The summed E-state index contributed by atoms with van der Waals surface area (Å²) in [5.41, 5.74) is 23.7. The topological polar surface area (TPSA) is 294 Å². The van der Waals surface area contributed by atoms with Crippen molar-refractivity contribution in [3.05, 3.63) is 36.0 Å². The van der Waals surface area contributed by atoms with Gasteiger partial charge >= 0.3 is 11.9 Å². The van der Waals surface area contributed by atoms with E-state index in [1.165, 1.54) is 0 Å². The van der Waals surface area contributed by atoms with E-state index in [-0.39, 0.29) is 38.2 Å². The van der Waals surface area contributed by atoms with Crippen LogP contribution in [0.1, 0.15) is 50.5 Å². The predicted octanol–water partition coefficient (Wildman–Crippen LogP) is -1.38. The van der Waals surface area contributed by atoms with E-state index in [9.17, 15) is 34.2 Å². The lowest BCUT2D eigenvalue weighted by Gasteiger charge is -2.25. The van der Waals surface area contributed by atoms with Crippen molar-refractivity contribution < 1.29 is 34.2 Å². The van der Waals surface area contributed by atoms with E-state index in [1.54, 1.807) is 6.20 Å². The normalized spacial score (nSPS) is 13.7. The van der Waals surface area contributed by atoms with Gasteiger partial charge in [-0.25, -0.2) is 4.79 Å². The Hall–Kier alpha value is -4.70. The van der Waals surface area contributed by atoms with Crippen molar-refractivity contribution in [2.45, 2.75) is 75.5 Å². The van der Waals surface area contributed by atoms with Crippen LogP contribution in [-0.4, -0.2) is 88.1 Å². The Kier molecular flexibility index (Phi) is 14.6. The molecule has 1 aromatic carbocycles. The maximum Gasteiger partial charge on any atom is 0.326 e. The first kappa shape index (κ1) is 35.5. The largest absolute Gasteiger partial charge is 0.481 e.